The van der Waals surface area contributed by atoms with E-state index in [0.29, 0.717) is 0 Å². The van der Waals surface area contributed by atoms with Gasteiger partial charge in [-0.2, -0.15) is 0 Å². The first-order chi connectivity index (χ1) is 8.16. The quantitative estimate of drug-likeness (QED) is 0.776. The fraction of sp³-hybridized carbons (Fsp3) is 0.400. The van der Waals surface area contributed by atoms with Crippen LogP contribution in [-0.4, -0.2) is 35.7 Å². The van der Waals surface area contributed by atoms with Gasteiger partial charge in [0.05, 0.1) is 9.79 Å². The third-order valence-corrected chi connectivity index (χ3v) is 5.01. The average molecular weight is 292 g/mol. The molecule has 0 bridgehead atoms. The van der Waals surface area contributed by atoms with E-state index in [1.54, 1.807) is 6.92 Å². The summed E-state index contributed by atoms with van der Waals surface area (Å²) in [5, 5.41) is 0. The van der Waals surface area contributed by atoms with E-state index >= 15 is 0 Å². The molecule has 0 saturated carbocycles. The third kappa shape index (κ3) is 3.77. The van der Waals surface area contributed by atoms with E-state index in [9.17, 15) is 16.8 Å². The topological polar surface area (TPSA) is 106 Å². The lowest BCUT2D eigenvalue weighted by atomic mass is 10.4. The molecule has 0 amide bonds. The van der Waals surface area contributed by atoms with Crippen molar-refractivity contribution in [3.05, 3.63) is 24.3 Å². The van der Waals surface area contributed by atoms with Crippen LogP contribution in [0.25, 0.3) is 0 Å². The van der Waals surface area contributed by atoms with E-state index in [4.69, 9.17) is 5.73 Å². The molecule has 6 nitrogen and oxygen atoms in total. The smallest absolute Gasteiger partial charge is 0.240 e. The maximum atomic E-state index is 11.8. The van der Waals surface area contributed by atoms with Crippen molar-refractivity contribution in [1.82, 2.24) is 4.72 Å². The van der Waals surface area contributed by atoms with E-state index in [2.05, 4.69) is 4.72 Å². The molecule has 18 heavy (non-hydrogen) atoms. The molecule has 1 rings (SSSR count). The number of sulfonamides is 1. The molecule has 0 unspecified atom stereocenters. The van der Waals surface area contributed by atoms with Gasteiger partial charge in [-0.05, 0) is 31.2 Å². The average Bonchev–Trinajstić information content (AvgIpc) is 2.27. The van der Waals surface area contributed by atoms with Gasteiger partial charge in [0.25, 0.3) is 0 Å². The summed E-state index contributed by atoms with van der Waals surface area (Å²) >= 11 is 0. The van der Waals surface area contributed by atoms with Crippen molar-refractivity contribution in [3.63, 3.8) is 0 Å². The van der Waals surface area contributed by atoms with Crippen molar-refractivity contribution in [2.24, 2.45) is 5.73 Å². The second-order valence-electron chi connectivity index (χ2n) is 4.00. The summed E-state index contributed by atoms with van der Waals surface area (Å²) < 4.78 is 48.5. The predicted molar refractivity (Wildman–Crippen MR) is 68.4 cm³/mol. The Hall–Kier alpha value is -0.960. The number of hydrogen-bond acceptors (Lipinski definition) is 5. The molecule has 0 aliphatic rings. The number of nitrogens with two attached hydrogens (primary N) is 1. The number of rotatable bonds is 5. The molecule has 1 aromatic carbocycles. The summed E-state index contributed by atoms with van der Waals surface area (Å²) in [6.45, 7) is 1.82. The third-order valence-electron chi connectivity index (χ3n) is 2.27. The number of sulfone groups is 1. The van der Waals surface area contributed by atoms with Crippen molar-refractivity contribution in [1.29, 1.82) is 0 Å². The number of hydrogen-bond donors (Lipinski definition) is 2. The van der Waals surface area contributed by atoms with Crippen LogP contribution in [0.3, 0.4) is 0 Å². The Labute approximate surface area is 107 Å². The number of nitrogens with one attached hydrogen (secondary N) is 1. The van der Waals surface area contributed by atoms with Gasteiger partial charge in [0.15, 0.2) is 9.84 Å². The zero-order valence-electron chi connectivity index (χ0n) is 10.1. The summed E-state index contributed by atoms with van der Waals surface area (Å²) in [5.41, 5.74) is 5.33. The molecule has 3 N–H and O–H groups in total. The van der Waals surface area contributed by atoms with Crippen LogP contribution >= 0.6 is 0 Å². The van der Waals surface area contributed by atoms with Crippen LogP contribution < -0.4 is 10.5 Å². The lowest BCUT2D eigenvalue weighted by Gasteiger charge is -2.12. The van der Waals surface area contributed by atoms with Crippen molar-refractivity contribution in [2.45, 2.75) is 22.8 Å². The molecule has 1 atom stereocenters. The minimum absolute atomic E-state index is 0.00944. The Balaban J connectivity index is 3.06. The number of benzene rings is 1. The first-order valence-electron chi connectivity index (χ1n) is 5.19. The Kier molecular flexibility index (Phi) is 4.49. The van der Waals surface area contributed by atoms with Crippen LogP contribution in [0.4, 0.5) is 0 Å². The highest BCUT2D eigenvalue weighted by molar-refractivity contribution is 7.90. The Morgan fingerprint density at radius 2 is 1.56 bits per heavy atom. The maximum absolute atomic E-state index is 11.8. The fourth-order valence-corrected chi connectivity index (χ4v) is 3.13. The first-order valence-corrected chi connectivity index (χ1v) is 8.57. The molecule has 102 valence electrons. The predicted octanol–water partition coefficient (Wildman–Crippen LogP) is -0.284. The highest BCUT2D eigenvalue weighted by Gasteiger charge is 2.17. The van der Waals surface area contributed by atoms with E-state index in [1.807, 2.05) is 0 Å². The SMILES string of the molecule is C[C@@H](CN)NS(=O)(=O)c1ccc(S(C)(=O)=O)cc1. The van der Waals surface area contributed by atoms with Gasteiger partial charge in [-0.15, -0.1) is 0 Å². The van der Waals surface area contributed by atoms with Gasteiger partial charge in [-0.1, -0.05) is 0 Å². The van der Waals surface area contributed by atoms with E-state index in [0.717, 1.165) is 6.26 Å². The van der Waals surface area contributed by atoms with E-state index in [1.165, 1.54) is 24.3 Å². The van der Waals surface area contributed by atoms with Gasteiger partial charge in [0, 0.05) is 18.8 Å². The molecule has 0 aliphatic carbocycles. The summed E-state index contributed by atoms with van der Waals surface area (Å²) in [7, 11) is -6.99. The van der Waals surface area contributed by atoms with E-state index < -0.39 is 19.9 Å². The molecular formula is C10H16N2O4S2. The lowest BCUT2D eigenvalue weighted by Crippen LogP contribution is -2.37. The minimum Gasteiger partial charge on any atom is -0.329 e. The zero-order chi connectivity index (χ0) is 14.0. The minimum atomic E-state index is -3.66. The van der Waals surface area contributed by atoms with Crippen molar-refractivity contribution < 1.29 is 16.8 Å². The van der Waals surface area contributed by atoms with Crippen LogP contribution in [0, 0.1) is 0 Å². The van der Waals surface area contributed by atoms with Gasteiger partial charge in [0.1, 0.15) is 0 Å². The zero-order valence-corrected chi connectivity index (χ0v) is 11.8. The lowest BCUT2D eigenvalue weighted by molar-refractivity contribution is 0.562. The molecule has 8 heteroatoms. The highest BCUT2D eigenvalue weighted by atomic mass is 32.2. The molecular weight excluding hydrogens is 276 g/mol. The first kappa shape index (κ1) is 15.1. The van der Waals surface area contributed by atoms with Crippen LogP contribution in [0.2, 0.25) is 0 Å². The molecule has 0 radical (unpaired) electrons. The summed E-state index contributed by atoms with van der Waals surface area (Å²) in [6.07, 6.45) is 1.06. The normalized spacial score (nSPS) is 14.4. The monoisotopic (exact) mass is 292 g/mol. The summed E-state index contributed by atoms with van der Waals surface area (Å²) in [4.78, 5) is 0.0866. The highest BCUT2D eigenvalue weighted by Crippen LogP contribution is 2.14. The maximum Gasteiger partial charge on any atom is 0.240 e. The van der Waals surface area contributed by atoms with Gasteiger partial charge < -0.3 is 5.73 Å². The largest absolute Gasteiger partial charge is 0.329 e. The van der Waals surface area contributed by atoms with Crippen LogP contribution in [0.1, 0.15) is 6.92 Å². The summed E-state index contributed by atoms with van der Waals surface area (Å²) in [6, 6.07) is 4.64. The fourth-order valence-electron chi connectivity index (χ4n) is 1.25. The van der Waals surface area contributed by atoms with Crippen molar-refractivity contribution >= 4 is 19.9 Å². The molecule has 0 saturated heterocycles. The van der Waals surface area contributed by atoms with Crippen molar-refractivity contribution in [3.8, 4) is 0 Å². The van der Waals surface area contributed by atoms with Crippen LogP contribution in [-0.2, 0) is 19.9 Å². The molecule has 0 fully saturated rings. The standard InChI is InChI=1S/C10H16N2O4S2/c1-8(7-11)12-18(15,16)10-5-3-9(4-6-10)17(2,13)14/h3-6,8,12H,7,11H2,1-2H3/t8-/m0/s1. The van der Waals surface area contributed by atoms with Crippen LogP contribution in [0.5, 0.6) is 0 Å². The second-order valence-corrected chi connectivity index (χ2v) is 7.73. The molecule has 0 aliphatic heterocycles. The van der Waals surface area contributed by atoms with Gasteiger partial charge in [-0.25, -0.2) is 21.6 Å². The summed E-state index contributed by atoms with van der Waals surface area (Å²) in [5.74, 6) is 0. The molecule has 1 aromatic rings. The Bertz CT molecular complexity index is 606. The van der Waals surface area contributed by atoms with E-state index in [-0.39, 0.29) is 22.4 Å². The Morgan fingerprint density at radius 3 is 1.94 bits per heavy atom. The van der Waals surface area contributed by atoms with Crippen LogP contribution in [0.15, 0.2) is 34.1 Å². The van der Waals surface area contributed by atoms with Crippen molar-refractivity contribution in [2.75, 3.05) is 12.8 Å². The van der Waals surface area contributed by atoms with Gasteiger partial charge >= 0.3 is 0 Å². The van der Waals surface area contributed by atoms with Gasteiger partial charge in [0.2, 0.25) is 10.0 Å². The molecule has 0 aromatic heterocycles. The Morgan fingerprint density at radius 1 is 1.11 bits per heavy atom. The van der Waals surface area contributed by atoms with Gasteiger partial charge in [-0.3, -0.25) is 0 Å². The molecule has 0 spiro atoms. The second kappa shape index (κ2) is 5.35. The molecule has 0 heterocycles.